The molecule has 3 aromatic rings. The summed E-state index contributed by atoms with van der Waals surface area (Å²) in [4.78, 5) is 17.0. The van der Waals surface area contributed by atoms with Crippen molar-refractivity contribution < 1.29 is 8.42 Å². The molecule has 0 bridgehead atoms. The summed E-state index contributed by atoms with van der Waals surface area (Å²) in [5, 5.41) is -0.0882. The smallest absolute Gasteiger partial charge is 0.221 e. The molecular weight excluding hydrogens is 354 g/mol. The van der Waals surface area contributed by atoms with E-state index in [4.69, 9.17) is 0 Å². The molecule has 1 aromatic heterocycles. The summed E-state index contributed by atoms with van der Waals surface area (Å²) in [5.41, 5.74) is 1.33. The molecule has 2 aromatic carbocycles. The minimum atomic E-state index is -3.75. The Labute approximate surface area is 150 Å². The molecule has 6 heteroatoms. The molecule has 0 aliphatic carbocycles. The molecule has 0 saturated heterocycles. The fourth-order valence-corrected chi connectivity index (χ4v) is 4.75. The summed E-state index contributed by atoms with van der Waals surface area (Å²) in [5.74, 6) is 0. The summed E-state index contributed by atoms with van der Waals surface area (Å²) < 4.78 is 25.4. The Bertz CT molecular complexity index is 1070. The van der Waals surface area contributed by atoms with Gasteiger partial charge in [-0.25, -0.2) is 8.42 Å². The molecule has 0 spiro atoms. The normalized spacial score (nSPS) is 11.4. The van der Waals surface area contributed by atoms with Crippen LogP contribution in [0.1, 0.15) is 11.3 Å². The average molecular weight is 371 g/mol. The van der Waals surface area contributed by atoms with Crippen molar-refractivity contribution in [3.63, 3.8) is 0 Å². The van der Waals surface area contributed by atoms with Gasteiger partial charge in [0.25, 0.3) is 0 Å². The molecule has 0 radical (unpaired) electrons. The number of rotatable bonds is 4. The van der Waals surface area contributed by atoms with Crippen LogP contribution in [0.15, 0.2) is 85.2 Å². The van der Waals surface area contributed by atoms with Crippen molar-refractivity contribution in [3.05, 3.63) is 82.1 Å². The van der Waals surface area contributed by atoms with Crippen molar-refractivity contribution in [1.82, 2.24) is 4.98 Å². The number of benzene rings is 2. The topological polar surface area (TPSA) is 67.0 Å². The van der Waals surface area contributed by atoms with Gasteiger partial charge in [-0.3, -0.25) is 4.79 Å². The molecule has 1 heterocycles. The maximum atomic E-state index is 12.7. The fraction of sp³-hybridized carbons (Fsp3) is 0.105. The zero-order valence-electron chi connectivity index (χ0n) is 13.8. The van der Waals surface area contributed by atoms with E-state index in [0.717, 1.165) is 16.5 Å². The molecule has 0 amide bonds. The van der Waals surface area contributed by atoms with Crippen molar-refractivity contribution in [1.29, 1.82) is 0 Å². The molecule has 0 aliphatic heterocycles. The predicted octanol–water partition coefficient (Wildman–Crippen LogP) is 3.98. The first-order valence-corrected chi connectivity index (χ1v) is 9.96. The van der Waals surface area contributed by atoms with Gasteiger partial charge in [-0.1, -0.05) is 47.7 Å². The number of hydrogen-bond donors (Lipinski definition) is 1. The van der Waals surface area contributed by atoms with E-state index in [1.807, 2.05) is 31.2 Å². The van der Waals surface area contributed by atoms with Crippen LogP contribution >= 0.6 is 11.8 Å². The number of pyridine rings is 1. The summed E-state index contributed by atoms with van der Waals surface area (Å²) in [6.45, 7) is 3.69. The number of aromatic amines is 1. The minimum absolute atomic E-state index is 0.0882. The van der Waals surface area contributed by atoms with E-state index in [9.17, 15) is 13.2 Å². The molecule has 4 nitrogen and oxygen atoms in total. The van der Waals surface area contributed by atoms with E-state index in [1.54, 1.807) is 25.1 Å². The number of hydrogen-bond acceptors (Lipinski definition) is 4. The lowest BCUT2D eigenvalue weighted by molar-refractivity contribution is 0.591. The number of nitrogens with one attached hydrogen (secondary N) is 1. The van der Waals surface area contributed by atoms with Gasteiger partial charge in [-0.2, -0.15) is 0 Å². The van der Waals surface area contributed by atoms with Gasteiger partial charge >= 0.3 is 0 Å². The fourth-order valence-electron chi connectivity index (χ4n) is 2.44. The zero-order valence-corrected chi connectivity index (χ0v) is 15.4. The van der Waals surface area contributed by atoms with Crippen LogP contribution in [0.2, 0.25) is 0 Å². The zero-order chi connectivity index (χ0) is 18.0. The van der Waals surface area contributed by atoms with E-state index in [-0.39, 0.29) is 15.4 Å². The van der Waals surface area contributed by atoms with Gasteiger partial charge in [-0.05, 0) is 38.1 Å². The highest BCUT2D eigenvalue weighted by Crippen LogP contribution is 2.28. The second-order valence-corrected chi connectivity index (χ2v) is 8.69. The van der Waals surface area contributed by atoms with Gasteiger partial charge in [0.1, 0.15) is 5.03 Å². The van der Waals surface area contributed by atoms with E-state index in [2.05, 4.69) is 4.98 Å². The van der Waals surface area contributed by atoms with Crippen LogP contribution in [0.5, 0.6) is 0 Å². The van der Waals surface area contributed by atoms with E-state index in [1.165, 1.54) is 23.9 Å². The van der Waals surface area contributed by atoms with Crippen molar-refractivity contribution in [2.75, 3.05) is 0 Å². The molecule has 3 rings (SSSR count). The Morgan fingerprint density at radius 2 is 1.64 bits per heavy atom. The van der Waals surface area contributed by atoms with E-state index >= 15 is 0 Å². The van der Waals surface area contributed by atoms with Gasteiger partial charge < -0.3 is 4.98 Å². The third kappa shape index (κ3) is 3.70. The third-order valence-corrected chi connectivity index (χ3v) is 6.58. The van der Waals surface area contributed by atoms with Crippen molar-refractivity contribution in [2.45, 2.75) is 33.6 Å². The van der Waals surface area contributed by atoms with Gasteiger partial charge in [0.15, 0.2) is 5.43 Å². The Balaban J connectivity index is 2.03. The van der Waals surface area contributed by atoms with Crippen LogP contribution in [0.3, 0.4) is 0 Å². The van der Waals surface area contributed by atoms with Gasteiger partial charge in [0.2, 0.25) is 9.84 Å². The maximum Gasteiger partial charge on any atom is 0.221 e. The standard InChI is InChI=1S/C19H17NO3S2/c1-13-7-6-8-15(11-13)24-19-14(2)20-18(12-17(19)21)25(22,23)16-9-4-3-5-10-16/h3-12H,1-2H3,(H,20,21). The molecule has 0 unspecified atom stereocenters. The van der Waals surface area contributed by atoms with Crippen molar-refractivity contribution >= 4 is 21.6 Å². The third-order valence-electron chi connectivity index (χ3n) is 3.69. The Hall–Kier alpha value is -2.31. The van der Waals surface area contributed by atoms with Crippen LogP contribution in [-0.4, -0.2) is 13.4 Å². The first-order chi connectivity index (χ1) is 11.9. The quantitative estimate of drug-likeness (QED) is 0.753. The second kappa shape index (κ2) is 6.90. The molecule has 1 N–H and O–H groups in total. The molecule has 0 fully saturated rings. The number of sulfone groups is 1. The highest BCUT2D eigenvalue weighted by atomic mass is 32.2. The second-order valence-electron chi connectivity index (χ2n) is 5.69. The summed E-state index contributed by atoms with van der Waals surface area (Å²) in [7, 11) is -3.75. The monoisotopic (exact) mass is 371 g/mol. The summed E-state index contributed by atoms with van der Waals surface area (Å²) in [6, 6.07) is 17.0. The first-order valence-electron chi connectivity index (χ1n) is 7.66. The lowest BCUT2D eigenvalue weighted by Crippen LogP contribution is -2.13. The highest BCUT2D eigenvalue weighted by molar-refractivity contribution is 7.99. The first kappa shape index (κ1) is 17.5. The Morgan fingerprint density at radius 1 is 0.920 bits per heavy atom. The average Bonchev–Trinajstić information content (AvgIpc) is 2.59. The highest BCUT2D eigenvalue weighted by Gasteiger charge is 2.20. The molecular formula is C19H17NO3S2. The number of aromatic nitrogens is 1. The van der Waals surface area contributed by atoms with Crippen LogP contribution in [0.25, 0.3) is 0 Å². The SMILES string of the molecule is Cc1cccc(Sc2c(C)[nH]c(S(=O)(=O)c3ccccc3)cc2=O)c1. The van der Waals surface area contributed by atoms with Crippen LogP contribution in [0.4, 0.5) is 0 Å². The van der Waals surface area contributed by atoms with Gasteiger partial charge in [-0.15, -0.1) is 0 Å². The van der Waals surface area contributed by atoms with Gasteiger partial charge in [0, 0.05) is 16.7 Å². The van der Waals surface area contributed by atoms with Crippen LogP contribution in [0, 0.1) is 13.8 Å². The van der Waals surface area contributed by atoms with Crippen molar-refractivity contribution in [2.24, 2.45) is 0 Å². The Kier molecular flexibility index (Phi) is 4.83. The number of H-pyrrole nitrogens is 1. The maximum absolute atomic E-state index is 12.7. The lowest BCUT2D eigenvalue weighted by Gasteiger charge is -2.09. The Morgan fingerprint density at radius 3 is 2.28 bits per heavy atom. The van der Waals surface area contributed by atoms with E-state index < -0.39 is 9.84 Å². The van der Waals surface area contributed by atoms with Crippen LogP contribution in [-0.2, 0) is 9.84 Å². The largest absolute Gasteiger partial charge is 0.348 e. The molecule has 0 atom stereocenters. The van der Waals surface area contributed by atoms with Gasteiger partial charge in [0.05, 0.1) is 9.79 Å². The summed E-state index contributed by atoms with van der Waals surface area (Å²) >= 11 is 1.33. The molecule has 0 aliphatic rings. The van der Waals surface area contributed by atoms with Crippen LogP contribution < -0.4 is 5.43 Å². The molecule has 128 valence electrons. The van der Waals surface area contributed by atoms with Crippen molar-refractivity contribution in [3.8, 4) is 0 Å². The summed E-state index contributed by atoms with van der Waals surface area (Å²) in [6.07, 6.45) is 0. The molecule has 25 heavy (non-hydrogen) atoms. The predicted molar refractivity (Wildman–Crippen MR) is 99.0 cm³/mol. The lowest BCUT2D eigenvalue weighted by atomic mass is 10.2. The minimum Gasteiger partial charge on any atom is -0.348 e. The van der Waals surface area contributed by atoms with E-state index in [0.29, 0.717) is 10.6 Å². The number of aryl methyl sites for hydroxylation is 2. The molecule has 0 saturated carbocycles.